The summed E-state index contributed by atoms with van der Waals surface area (Å²) in [4.78, 5) is 34.3. The number of alkyl carbamates (subject to hydrolysis) is 1. The van der Waals surface area contributed by atoms with Gasteiger partial charge in [-0.15, -0.1) is 0 Å². The fourth-order valence-corrected chi connectivity index (χ4v) is 3.43. The highest BCUT2D eigenvalue weighted by molar-refractivity contribution is 5.81. The van der Waals surface area contributed by atoms with Crippen LogP contribution in [0, 0.1) is 5.92 Å². The Bertz CT molecular complexity index is 950. The van der Waals surface area contributed by atoms with Gasteiger partial charge in [0.25, 0.3) is 0 Å². The van der Waals surface area contributed by atoms with Crippen molar-refractivity contribution in [3.05, 3.63) is 59.7 Å². The molecule has 31 heavy (non-hydrogen) atoms. The number of hydrogen-bond acceptors (Lipinski definition) is 4. The number of alkyl halides is 2. The molecule has 0 aliphatic heterocycles. The van der Waals surface area contributed by atoms with Crippen molar-refractivity contribution >= 4 is 18.0 Å². The Morgan fingerprint density at radius 3 is 2.13 bits per heavy atom. The summed E-state index contributed by atoms with van der Waals surface area (Å²) in [6.07, 6.45) is -0.739. The van der Waals surface area contributed by atoms with E-state index in [1.807, 2.05) is 53.8 Å². The number of halogens is 2. The minimum Gasteiger partial charge on any atom is -0.477 e. The van der Waals surface area contributed by atoms with Crippen LogP contribution in [0.3, 0.4) is 0 Å². The number of carboxylic acid groups (broad SMARTS) is 1. The van der Waals surface area contributed by atoms with Crippen LogP contribution in [-0.2, 0) is 14.3 Å². The van der Waals surface area contributed by atoms with Gasteiger partial charge in [0.1, 0.15) is 6.61 Å². The zero-order chi connectivity index (χ0) is 22.6. The molecule has 2 aromatic carbocycles. The lowest BCUT2D eigenvalue weighted by atomic mass is 9.98. The monoisotopic (exact) mass is 432 g/mol. The van der Waals surface area contributed by atoms with E-state index in [0.717, 1.165) is 22.3 Å². The highest BCUT2D eigenvalue weighted by Gasteiger charge is 2.39. The van der Waals surface area contributed by atoms with Gasteiger partial charge in [-0.2, -0.15) is 8.78 Å². The average molecular weight is 432 g/mol. The van der Waals surface area contributed by atoms with Crippen molar-refractivity contribution in [3.8, 4) is 11.1 Å². The molecule has 2 amide bonds. The zero-order valence-electron chi connectivity index (χ0n) is 16.7. The minimum atomic E-state index is -4.06. The number of carboxylic acids is 1. The third-order valence-corrected chi connectivity index (χ3v) is 5.14. The molecule has 0 fully saturated rings. The molecule has 1 unspecified atom stereocenters. The predicted molar refractivity (Wildman–Crippen MR) is 108 cm³/mol. The van der Waals surface area contributed by atoms with Gasteiger partial charge in [0.05, 0.1) is 12.5 Å². The molecule has 0 spiro atoms. The van der Waals surface area contributed by atoms with Crippen molar-refractivity contribution in [2.45, 2.75) is 18.8 Å². The third-order valence-electron chi connectivity index (χ3n) is 5.14. The van der Waals surface area contributed by atoms with Gasteiger partial charge in [0.2, 0.25) is 5.91 Å². The average Bonchev–Trinajstić information content (AvgIpc) is 3.08. The van der Waals surface area contributed by atoms with Gasteiger partial charge in [-0.05, 0) is 22.3 Å². The number of benzene rings is 2. The van der Waals surface area contributed by atoms with Crippen LogP contribution in [0.2, 0.25) is 0 Å². The van der Waals surface area contributed by atoms with Crippen LogP contribution in [0.5, 0.6) is 0 Å². The number of rotatable bonds is 8. The molecule has 0 aromatic heterocycles. The zero-order valence-corrected chi connectivity index (χ0v) is 16.7. The Morgan fingerprint density at radius 2 is 1.58 bits per heavy atom. The molecule has 9 heteroatoms. The van der Waals surface area contributed by atoms with Gasteiger partial charge in [-0.25, -0.2) is 9.59 Å². The van der Waals surface area contributed by atoms with Crippen LogP contribution >= 0.6 is 0 Å². The number of carbonyl (C=O) groups excluding carboxylic acids is 2. The summed E-state index contributed by atoms with van der Waals surface area (Å²) >= 11 is 0. The molecule has 3 N–H and O–H groups in total. The quantitative estimate of drug-likeness (QED) is 0.595. The maximum atomic E-state index is 13.0. The number of nitrogens with one attached hydrogen (secondary N) is 2. The van der Waals surface area contributed by atoms with Gasteiger partial charge in [-0.1, -0.05) is 55.5 Å². The van der Waals surface area contributed by atoms with Crippen LogP contribution in [0.15, 0.2) is 48.5 Å². The van der Waals surface area contributed by atoms with E-state index in [-0.39, 0.29) is 19.1 Å². The molecule has 3 rings (SSSR count). The standard InChI is InChI=1S/C22H22F2N2O5/c1-13(19(27)26-12-22(23,24)20(28)29)10-25-21(30)31-11-18-16-8-4-2-6-14(16)15-7-3-5-9-17(15)18/h2-9,13,18H,10-12H2,1H3,(H,25,30)(H,26,27)(H,28,29). The SMILES string of the molecule is CC(CNC(=O)OCC1c2ccccc2-c2ccccc21)C(=O)NCC(F)(F)C(=O)O. The molecule has 1 atom stereocenters. The lowest BCUT2D eigenvalue weighted by Crippen LogP contribution is -2.45. The second-order valence-electron chi connectivity index (χ2n) is 7.33. The normalized spacial score (nSPS) is 13.6. The maximum Gasteiger partial charge on any atom is 0.407 e. The lowest BCUT2D eigenvalue weighted by Gasteiger charge is -2.17. The van der Waals surface area contributed by atoms with Crippen molar-refractivity contribution in [2.75, 3.05) is 19.7 Å². The highest BCUT2D eigenvalue weighted by atomic mass is 19.3. The number of fused-ring (bicyclic) bond motifs is 3. The molecule has 0 heterocycles. The van der Waals surface area contributed by atoms with Gasteiger partial charge in [0.15, 0.2) is 0 Å². The summed E-state index contributed by atoms with van der Waals surface area (Å²) in [7, 11) is 0. The second-order valence-corrected chi connectivity index (χ2v) is 7.33. The van der Waals surface area contributed by atoms with Crippen molar-refractivity contribution in [3.63, 3.8) is 0 Å². The maximum absolute atomic E-state index is 13.0. The Balaban J connectivity index is 1.50. The minimum absolute atomic E-state index is 0.102. The molecule has 1 aliphatic rings. The molecule has 1 aliphatic carbocycles. The van der Waals surface area contributed by atoms with Gasteiger partial charge in [-0.3, -0.25) is 4.79 Å². The number of ether oxygens (including phenoxy) is 1. The molecule has 0 bridgehead atoms. The summed E-state index contributed by atoms with van der Waals surface area (Å²) < 4.78 is 31.4. The third kappa shape index (κ3) is 4.99. The number of aliphatic carboxylic acids is 1. The van der Waals surface area contributed by atoms with Crippen LogP contribution < -0.4 is 10.6 Å². The molecule has 164 valence electrons. The topological polar surface area (TPSA) is 105 Å². The molecule has 0 radical (unpaired) electrons. The van der Waals surface area contributed by atoms with E-state index in [2.05, 4.69) is 5.32 Å². The van der Waals surface area contributed by atoms with E-state index in [4.69, 9.17) is 9.84 Å². The van der Waals surface area contributed by atoms with Crippen LogP contribution in [0.4, 0.5) is 13.6 Å². The number of amides is 2. The van der Waals surface area contributed by atoms with Crippen LogP contribution in [-0.4, -0.2) is 48.7 Å². The first-order chi connectivity index (χ1) is 14.7. The van der Waals surface area contributed by atoms with E-state index in [1.165, 1.54) is 6.92 Å². The lowest BCUT2D eigenvalue weighted by molar-refractivity contribution is -0.164. The van der Waals surface area contributed by atoms with E-state index in [9.17, 15) is 23.2 Å². The fourth-order valence-electron chi connectivity index (χ4n) is 3.43. The van der Waals surface area contributed by atoms with Crippen molar-refractivity contribution in [2.24, 2.45) is 5.92 Å². The molecule has 2 aromatic rings. The largest absolute Gasteiger partial charge is 0.477 e. The first kappa shape index (κ1) is 22.2. The molecule has 7 nitrogen and oxygen atoms in total. The molecular weight excluding hydrogens is 410 g/mol. The van der Waals surface area contributed by atoms with Crippen molar-refractivity contribution in [1.82, 2.24) is 10.6 Å². The van der Waals surface area contributed by atoms with E-state index >= 15 is 0 Å². The smallest absolute Gasteiger partial charge is 0.407 e. The molecule has 0 saturated carbocycles. The summed E-state index contributed by atoms with van der Waals surface area (Å²) in [6.45, 7) is 0.0425. The molecular formula is C22H22F2N2O5. The van der Waals surface area contributed by atoms with E-state index in [1.54, 1.807) is 0 Å². The summed E-state index contributed by atoms with van der Waals surface area (Å²) in [5, 5.41) is 12.7. The Labute approximate surface area is 177 Å². The Hall–Kier alpha value is -3.49. The van der Waals surface area contributed by atoms with E-state index < -0.39 is 36.4 Å². The first-order valence-corrected chi connectivity index (χ1v) is 9.68. The van der Waals surface area contributed by atoms with Crippen LogP contribution in [0.25, 0.3) is 11.1 Å². The molecule has 0 saturated heterocycles. The first-order valence-electron chi connectivity index (χ1n) is 9.68. The summed E-state index contributed by atoms with van der Waals surface area (Å²) in [6, 6.07) is 15.7. The van der Waals surface area contributed by atoms with Crippen LogP contribution in [0.1, 0.15) is 24.0 Å². The Kier molecular flexibility index (Phi) is 6.53. The fraction of sp³-hybridized carbons (Fsp3) is 0.318. The van der Waals surface area contributed by atoms with Gasteiger partial charge < -0.3 is 20.5 Å². The number of carbonyl (C=O) groups is 3. The van der Waals surface area contributed by atoms with Crippen molar-refractivity contribution < 1.29 is 33.0 Å². The van der Waals surface area contributed by atoms with Gasteiger partial charge in [0, 0.05) is 12.5 Å². The Morgan fingerprint density at radius 1 is 1.03 bits per heavy atom. The predicted octanol–water partition coefficient (Wildman–Crippen LogP) is 3.00. The summed E-state index contributed by atoms with van der Waals surface area (Å²) in [5.74, 6) is -8.16. The van der Waals surface area contributed by atoms with Crippen molar-refractivity contribution in [1.29, 1.82) is 0 Å². The van der Waals surface area contributed by atoms with Gasteiger partial charge >= 0.3 is 18.0 Å². The highest BCUT2D eigenvalue weighted by Crippen LogP contribution is 2.44. The number of hydrogen-bond donors (Lipinski definition) is 3. The second kappa shape index (κ2) is 9.11. The van der Waals surface area contributed by atoms with E-state index in [0.29, 0.717) is 0 Å². The summed E-state index contributed by atoms with van der Waals surface area (Å²) in [5.41, 5.74) is 4.30.